The van der Waals surface area contributed by atoms with Gasteiger partial charge in [0.05, 0.1) is 15.2 Å². The maximum atomic E-state index is 12.6. The fourth-order valence-corrected chi connectivity index (χ4v) is 5.92. The average molecular weight is 459 g/mol. The summed E-state index contributed by atoms with van der Waals surface area (Å²) in [6.07, 6.45) is 0.117. The molecule has 0 radical (unpaired) electrons. The molecule has 1 aromatic carbocycles. The van der Waals surface area contributed by atoms with Crippen molar-refractivity contribution in [3.8, 4) is 0 Å². The molecule has 1 aromatic heterocycles. The van der Waals surface area contributed by atoms with Crippen LogP contribution in [-0.2, 0) is 21.4 Å². The molecule has 0 saturated heterocycles. The summed E-state index contributed by atoms with van der Waals surface area (Å²) in [7, 11) is -1.92. The molecular weight excluding hydrogens is 436 g/mol. The summed E-state index contributed by atoms with van der Waals surface area (Å²) in [5.74, 6) is -0.102. The summed E-state index contributed by atoms with van der Waals surface area (Å²) >= 11 is 4.97. The largest absolute Gasteiger partial charge is 0.341 e. The minimum absolute atomic E-state index is 0.0758. The van der Waals surface area contributed by atoms with Crippen LogP contribution in [0.5, 0.6) is 0 Å². The number of nitrogens with zero attached hydrogens (tertiary/aromatic N) is 1. The molecule has 0 spiro atoms. The standard InChI is InChI=1S/C18H23BrN2O3S2/c1-12-9-13(2)18(14(3)10-12)26(23,24)20-8-7-17(22)21(4)11-15-5-6-16(19)25-15/h5-6,9-10,20H,7-8,11H2,1-4H3. The second-order valence-electron chi connectivity index (χ2n) is 6.33. The van der Waals surface area contributed by atoms with Gasteiger partial charge in [-0.2, -0.15) is 0 Å². The lowest BCUT2D eigenvalue weighted by molar-refractivity contribution is -0.130. The van der Waals surface area contributed by atoms with E-state index in [0.717, 1.165) is 14.2 Å². The van der Waals surface area contributed by atoms with E-state index in [0.29, 0.717) is 22.6 Å². The van der Waals surface area contributed by atoms with E-state index in [1.54, 1.807) is 37.1 Å². The minimum atomic E-state index is -3.64. The highest BCUT2D eigenvalue weighted by Crippen LogP contribution is 2.23. The van der Waals surface area contributed by atoms with E-state index in [-0.39, 0.29) is 18.9 Å². The monoisotopic (exact) mass is 458 g/mol. The second-order valence-corrected chi connectivity index (χ2v) is 10.6. The van der Waals surface area contributed by atoms with Crippen LogP contribution < -0.4 is 4.72 Å². The first-order chi connectivity index (χ1) is 12.1. The Labute approximate surface area is 167 Å². The summed E-state index contributed by atoms with van der Waals surface area (Å²) in [5, 5.41) is 0. The van der Waals surface area contributed by atoms with Crippen molar-refractivity contribution in [2.75, 3.05) is 13.6 Å². The van der Waals surface area contributed by atoms with E-state index in [1.807, 2.05) is 31.2 Å². The molecule has 1 heterocycles. The number of aryl methyl sites for hydroxylation is 3. The number of halogens is 1. The molecular formula is C18H23BrN2O3S2. The maximum Gasteiger partial charge on any atom is 0.241 e. The Morgan fingerprint density at radius 2 is 1.81 bits per heavy atom. The van der Waals surface area contributed by atoms with Crippen molar-refractivity contribution in [1.29, 1.82) is 0 Å². The fraction of sp³-hybridized carbons (Fsp3) is 0.389. The molecule has 0 saturated carbocycles. The van der Waals surface area contributed by atoms with Gasteiger partial charge in [-0.25, -0.2) is 13.1 Å². The smallest absolute Gasteiger partial charge is 0.241 e. The summed E-state index contributed by atoms with van der Waals surface area (Å²) < 4.78 is 28.7. The molecule has 0 aliphatic carbocycles. The number of carbonyl (C=O) groups is 1. The van der Waals surface area contributed by atoms with Crippen LogP contribution in [0.1, 0.15) is 28.0 Å². The lowest BCUT2D eigenvalue weighted by atomic mass is 10.1. The Kier molecular flexibility index (Phi) is 7.01. The van der Waals surface area contributed by atoms with Gasteiger partial charge in [0.2, 0.25) is 15.9 Å². The SMILES string of the molecule is Cc1cc(C)c(S(=O)(=O)NCCC(=O)N(C)Cc2ccc(Br)s2)c(C)c1. The topological polar surface area (TPSA) is 66.5 Å². The van der Waals surface area contributed by atoms with Gasteiger partial charge < -0.3 is 4.90 Å². The third kappa shape index (κ3) is 5.39. The summed E-state index contributed by atoms with van der Waals surface area (Å²) in [4.78, 5) is 15.2. The first-order valence-corrected chi connectivity index (χ1v) is 11.2. The number of thiophene rings is 1. The zero-order valence-electron chi connectivity index (χ0n) is 15.3. The van der Waals surface area contributed by atoms with Crippen LogP contribution in [0, 0.1) is 20.8 Å². The quantitative estimate of drug-likeness (QED) is 0.686. The van der Waals surface area contributed by atoms with E-state index in [9.17, 15) is 13.2 Å². The van der Waals surface area contributed by atoms with E-state index in [1.165, 1.54) is 0 Å². The van der Waals surface area contributed by atoms with Crippen LogP contribution in [0.25, 0.3) is 0 Å². The highest BCUT2D eigenvalue weighted by molar-refractivity contribution is 9.11. The van der Waals surface area contributed by atoms with Crippen molar-refractivity contribution in [3.05, 3.63) is 49.6 Å². The van der Waals surface area contributed by atoms with Crippen molar-refractivity contribution in [1.82, 2.24) is 9.62 Å². The number of nitrogens with one attached hydrogen (secondary N) is 1. The zero-order valence-corrected chi connectivity index (χ0v) is 18.5. The van der Waals surface area contributed by atoms with Crippen molar-refractivity contribution < 1.29 is 13.2 Å². The van der Waals surface area contributed by atoms with E-state index >= 15 is 0 Å². The Morgan fingerprint density at radius 3 is 2.35 bits per heavy atom. The number of sulfonamides is 1. The Hall–Kier alpha value is -1.22. The molecule has 2 aromatic rings. The summed E-state index contributed by atoms with van der Waals surface area (Å²) in [6.45, 7) is 6.09. The fourth-order valence-electron chi connectivity index (χ4n) is 2.90. The molecule has 142 valence electrons. The number of hydrogen-bond donors (Lipinski definition) is 1. The Bertz CT molecular complexity index is 884. The molecule has 1 N–H and O–H groups in total. The van der Waals surface area contributed by atoms with Gasteiger partial charge in [-0.15, -0.1) is 11.3 Å². The van der Waals surface area contributed by atoms with Crippen LogP contribution in [-0.4, -0.2) is 32.8 Å². The molecule has 26 heavy (non-hydrogen) atoms. The molecule has 2 rings (SSSR count). The minimum Gasteiger partial charge on any atom is -0.341 e. The number of benzene rings is 1. The van der Waals surface area contributed by atoms with Crippen molar-refractivity contribution in [2.45, 2.75) is 38.6 Å². The van der Waals surface area contributed by atoms with Crippen LogP contribution in [0.15, 0.2) is 32.9 Å². The lowest BCUT2D eigenvalue weighted by Crippen LogP contribution is -2.32. The van der Waals surface area contributed by atoms with Gasteiger partial charge in [-0.05, 0) is 60.0 Å². The van der Waals surface area contributed by atoms with Gasteiger partial charge in [0, 0.05) is 24.9 Å². The molecule has 0 aliphatic heterocycles. The molecule has 0 unspecified atom stereocenters. The molecule has 8 heteroatoms. The highest BCUT2D eigenvalue weighted by atomic mass is 79.9. The number of rotatable bonds is 7. The van der Waals surface area contributed by atoms with Gasteiger partial charge >= 0.3 is 0 Å². The second kappa shape index (κ2) is 8.65. The van der Waals surface area contributed by atoms with Gasteiger partial charge in [0.25, 0.3) is 0 Å². The molecule has 0 fully saturated rings. The van der Waals surface area contributed by atoms with Crippen LogP contribution in [0.2, 0.25) is 0 Å². The third-order valence-corrected chi connectivity index (χ3v) is 7.33. The first kappa shape index (κ1) is 21.1. The number of carbonyl (C=O) groups excluding carboxylic acids is 1. The predicted octanol–water partition coefficient (Wildman–Crippen LogP) is 3.76. The predicted molar refractivity (Wildman–Crippen MR) is 109 cm³/mol. The lowest BCUT2D eigenvalue weighted by Gasteiger charge is -2.17. The summed E-state index contributed by atoms with van der Waals surface area (Å²) in [5.41, 5.74) is 2.44. The Balaban J connectivity index is 1.95. The van der Waals surface area contributed by atoms with E-state index in [4.69, 9.17) is 0 Å². The Morgan fingerprint density at radius 1 is 1.19 bits per heavy atom. The van der Waals surface area contributed by atoms with Gasteiger partial charge in [-0.3, -0.25) is 4.79 Å². The highest BCUT2D eigenvalue weighted by Gasteiger charge is 2.20. The number of amides is 1. The molecule has 0 atom stereocenters. The van der Waals surface area contributed by atoms with E-state index in [2.05, 4.69) is 20.7 Å². The van der Waals surface area contributed by atoms with Crippen molar-refractivity contribution >= 4 is 43.2 Å². The first-order valence-electron chi connectivity index (χ1n) is 8.16. The van der Waals surface area contributed by atoms with Gasteiger partial charge in [0.15, 0.2) is 0 Å². The van der Waals surface area contributed by atoms with Crippen LogP contribution in [0.3, 0.4) is 0 Å². The number of hydrogen-bond acceptors (Lipinski definition) is 4. The van der Waals surface area contributed by atoms with E-state index < -0.39 is 10.0 Å². The van der Waals surface area contributed by atoms with Crippen LogP contribution in [0.4, 0.5) is 0 Å². The van der Waals surface area contributed by atoms with Crippen LogP contribution >= 0.6 is 27.3 Å². The van der Waals surface area contributed by atoms with Crippen molar-refractivity contribution in [2.24, 2.45) is 0 Å². The molecule has 5 nitrogen and oxygen atoms in total. The zero-order chi connectivity index (χ0) is 19.5. The maximum absolute atomic E-state index is 12.6. The molecule has 1 amide bonds. The third-order valence-electron chi connectivity index (χ3n) is 3.95. The van der Waals surface area contributed by atoms with Crippen molar-refractivity contribution in [3.63, 3.8) is 0 Å². The summed E-state index contributed by atoms with van der Waals surface area (Å²) in [6, 6.07) is 7.60. The van der Waals surface area contributed by atoms with Gasteiger partial charge in [-0.1, -0.05) is 17.7 Å². The molecule has 0 bridgehead atoms. The molecule has 0 aliphatic rings. The normalized spacial score (nSPS) is 11.6. The van der Waals surface area contributed by atoms with Gasteiger partial charge in [0.1, 0.15) is 0 Å². The average Bonchev–Trinajstić information content (AvgIpc) is 2.90.